The van der Waals surface area contributed by atoms with E-state index in [0.717, 1.165) is 24.8 Å². The minimum atomic E-state index is -0.287. The van der Waals surface area contributed by atoms with E-state index >= 15 is 0 Å². The lowest BCUT2D eigenvalue weighted by Crippen LogP contribution is -2.54. The van der Waals surface area contributed by atoms with E-state index in [1.165, 1.54) is 0 Å². The van der Waals surface area contributed by atoms with Gasteiger partial charge in [0.05, 0.1) is 5.56 Å². The highest BCUT2D eigenvalue weighted by Crippen LogP contribution is 2.40. The molecule has 2 unspecified atom stereocenters. The van der Waals surface area contributed by atoms with Crippen LogP contribution in [-0.2, 0) is 9.57 Å². The number of nitrogens with zero attached hydrogens (tertiary/aromatic N) is 1. The van der Waals surface area contributed by atoms with E-state index in [-0.39, 0.29) is 29.3 Å². The second kappa shape index (κ2) is 8.68. The van der Waals surface area contributed by atoms with Gasteiger partial charge in [-0.3, -0.25) is 4.84 Å². The van der Waals surface area contributed by atoms with Gasteiger partial charge in [-0.05, 0) is 65.2 Å². The first-order valence-electron chi connectivity index (χ1n) is 10.5. The smallest absolute Gasteiger partial charge is 0.338 e. The highest BCUT2D eigenvalue weighted by Gasteiger charge is 2.45. The van der Waals surface area contributed by atoms with Crippen LogP contribution in [0.25, 0.3) is 0 Å². The van der Waals surface area contributed by atoms with E-state index in [1.807, 2.05) is 36.4 Å². The summed E-state index contributed by atoms with van der Waals surface area (Å²) in [6.07, 6.45) is 2.21. The first-order valence-corrected chi connectivity index (χ1v) is 10.5. The molecule has 4 nitrogen and oxygen atoms in total. The first-order chi connectivity index (χ1) is 13.7. The van der Waals surface area contributed by atoms with Crippen molar-refractivity contribution in [3.63, 3.8) is 0 Å². The summed E-state index contributed by atoms with van der Waals surface area (Å²) in [6.45, 7) is 10.8. The van der Waals surface area contributed by atoms with Gasteiger partial charge in [0.15, 0.2) is 0 Å². The number of rotatable bonds is 5. The molecule has 4 heteroatoms. The molecule has 3 rings (SSSR count). The van der Waals surface area contributed by atoms with Gasteiger partial charge in [0.25, 0.3) is 0 Å². The van der Waals surface area contributed by atoms with Crippen LogP contribution in [0.5, 0.6) is 0 Å². The Bertz CT molecular complexity index is 801. The molecular formula is C25H33NO3. The SMILES string of the molecule is CC(ON1C(C)(C)CCC(OC(=O)c2ccccc2)CC1(C)C)c1ccccc1. The van der Waals surface area contributed by atoms with Crippen molar-refractivity contribution in [2.75, 3.05) is 0 Å². The van der Waals surface area contributed by atoms with Gasteiger partial charge in [0, 0.05) is 17.5 Å². The maximum Gasteiger partial charge on any atom is 0.338 e. The molecule has 1 fully saturated rings. The molecular weight excluding hydrogens is 362 g/mol. The molecule has 2 atom stereocenters. The Morgan fingerprint density at radius 1 is 0.966 bits per heavy atom. The Labute approximate surface area is 174 Å². The van der Waals surface area contributed by atoms with E-state index in [2.05, 4.69) is 51.8 Å². The van der Waals surface area contributed by atoms with Crippen molar-refractivity contribution in [1.29, 1.82) is 0 Å². The molecule has 0 amide bonds. The zero-order chi connectivity index (χ0) is 21.1. The third-order valence-electron chi connectivity index (χ3n) is 5.72. The van der Waals surface area contributed by atoms with Crippen molar-refractivity contribution in [3.8, 4) is 0 Å². The van der Waals surface area contributed by atoms with Crippen LogP contribution in [0.15, 0.2) is 60.7 Å². The lowest BCUT2D eigenvalue weighted by atomic mass is 9.95. The van der Waals surface area contributed by atoms with Crippen molar-refractivity contribution >= 4 is 5.97 Å². The van der Waals surface area contributed by atoms with Gasteiger partial charge in [-0.25, -0.2) is 4.79 Å². The van der Waals surface area contributed by atoms with Crippen molar-refractivity contribution < 1.29 is 14.4 Å². The molecule has 0 aliphatic carbocycles. The molecule has 29 heavy (non-hydrogen) atoms. The second-order valence-corrected chi connectivity index (χ2v) is 9.21. The van der Waals surface area contributed by atoms with Gasteiger partial charge in [0.1, 0.15) is 12.2 Å². The molecule has 0 spiro atoms. The standard InChI is InChI=1S/C25H33NO3/c1-19(20-12-8-6-9-13-20)29-26-24(2,3)17-16-22(18-25(26,4)5)28-23(27)21-14-10-7-11-15-21/h6-15,19,22H,16-18H2,1-5H3. The maximum absolute atomic E-state index is 12.6. The van der Waals surface area contributed by atoms with Crippen LogP contribution >= 0.6 is 0 Å². The molecule has 1 aliphatic heterocycles. The quantitative estimate of drug-likeness (QED) is 0.587. The summed E-state index contributed by atoms with van der Waals surface area (Å²) in [5.74, 6) is -0.253. The molecule has 0 aromatic heterocycles. The van der Waals surface area contributed by atoms with E-state index in [4.69, 9.17) is 9.57 Å². The van der Waals surface area contributed by atoms with E-state index < -0.39 is 0 Å². The molecule has 0 saturated carbocycles. The van der Waals surface area contributed by atoms with Crippen LogP contribution < -0.4 is 0 Å². The summed E-state index contributed by atoms with van der Waals surface area (Å²) in [5.41, 5.74) is 1.28. The third kappa shape index (κ3) is 5.26. The highest BCUT2D eigenvalue weighted by atomic mass is 16.7. The molecule has 1 heterocycles. The van der Waals surface area contributed by atoms with Gasteiger partial charge in [-0.2, -0.15) is 5.06 Å². The largest absolute Gasteiger partial charge is 0.459 e. The fourth-order valence-electron chi connectivity index (χ4n) is 4.30. The van der Waals surface area contributed by atoms with Gasteiger partial charge in [0.2, 0.25) is 0 Å². The Balaban J connectivity index is 1.75. The van der Waals surface area contributed by atoms with Gasteiger partial charge in [-0.1, -0.05) is 48.5 Å². The summed E-state index contributed by atoms with van der Waals surface area (Å²) < 4.78 is 5.90. The topological polar surface area (TPSA) is 38.8 Å². The van der Waals surface area contributed by atoms with Crippen LogP contribution in [0.3, 0.4) is 0 Å². The van der Waals surface area contributed by atoms with Crippen LogP contribution in [0, 0.1) is 0 Å². The fraction of sp³-hybridized carbons (Fsp3) is 0.480. The minimum absolute atomic E-state index is 0.0573. The number of benzene rings is 2. The third-order valence-corrected chi connectivity index (χ3v) is 5.72. The average molecular weight is 396 g/mol. The number of hydrogen-bond donors (Lipinski definition) is 0. The molecule has 1 saturated heterocycles. The van der Waals surface area contributed by atoms with E-state index in [0.29, 0.717) is 5.56 Å². The number of hydrogen-bond acceptors (Lipinski definition) is 4. The average Bonchev–Trinajstić information content (AvgIpc) is 2.78. The van der Waals surface area contributed by atoms with Crippen LogP contribution in [0.1, 0.15) is 75.9 Å². The summed E-state index contributed by atoms with van der Waals surface area (Å²) in [5, 5.41) is 2.13. The Hall–Kier alpha value is -2.17. The summed E-state index contributed by atoms with van der Waals surface area (Å²) in [6, 6.07) is 19.5. The number of hydroxylamine groups is 2. The Morgan fingerprint density at radius 3 is 2.17 bits per heavy atom. The van der Waals surface area contributed by atoms with Gasteiger partial charge >= 0.3 is 5.97 Å². The number of ether oxygens (including phenoxy) is 1. The monoisotopic (exact) mass is 395 g/mol. The highest BCUT2D eigenvalue weighted by molar-refractivity contribution is 5.89. The van der Waals surface area contributed by atoms with Crippen molar-refractivity contribution in [1.82, 2.24) is 5.06 Å². The molecule has 0 radical (unpaired) electrons. The normalized spacial score (nSPS) is 22.4. The zero-order valence-electron chi connectivity index (χ0n) is 18.2. The first kappa shape index (κ1) is 21.5. The second-order valence-electron chi connectivity index (χ2n) is 9.21. The fourth-order valence-corrected chi connectivity index (χ4v) is 4.30. The van der Waals surface area contributed by atoms with Crippen molar-refractivity contribution in [2.24, 2.45) is 0 Å². The maximum atomic E-state index is 12.6. The van der Waals surface area contributed by atoms with E-state index in [1.54, 1.807) is 12.1 Å². The molecule has 1 aliphatic rings. The molecule has 0 bridgehead atoms. The molecule has 156 valence electrons. The summed E-state index contributed by atoms with van der Waals surface area (Å²) >= 11 is 0. The number of carbonyl (C=O) groups is 1. The summed E-state index contributed by atoms with van der Waals surface area (Å²) in [4.78, 5) is 19.1. The number of esters is 1. The minimum Gasteiger partial charge on any atom is -0.459 e. The van der Waals surface area contributed by atoms with Crippen molar-refractivity contribution in [3.05, 3.63) is 71.8 Å². The van der Waals surface area contributed by atoms with Crippen LogP contribution in [0.2, 0.25) is 0 Å². The molecule has 2 aromatic rings. The predicted octanol–water partition coefficient (Wildman–Crippen LogP) is 5.95. The molecule has 0 N–H and O–H groups in total. The van der Waals surface area contributed by atoms with Crippen LogP contribution in [-0.4, -0.2) is 28.2 Å². The van der Waals surface area contributed by atoms with Gasteiger partial charge in [-0.15, -0.1) is 0 Å². The van der Waals surface area contributed by atoms with E-state index in [9.17, 15) is 4.79 Å². The van der Waals surface area contributed by atoms with Gasteiger partial charge < -0.3 is 4.74 Å². The predicted molar refractivity (Wildman–Crippen MR) is 115 cm³/mol. The number of carbonyl (C=O) groups excluding carboxylic acids is 1. The molecule has 2 aromatic carbocycles. The Morgan fingerprint density at radius 2 is 1.55 bits per heavy atom. The van der Waals surface area contributed by atoms with Crippen LogP contribution in [0.4, 0.5) is 0 Å². The lowest BCUT2D eigenvalue weighted by molar-refractivity contribution is -0.290. The zero-order valence-corrected chi connectivity index (χ0v) is 18.2. The van der Waals surface area contributed by atoms with Crippen molar-refractivity contribution in [2.45, 2.75) is 77.2 Å². The summed E-state index contributed by atoms with van der Waals surface area (Å²) in [7, 11) is 0. The Kier molecular flexibility index (Phi) is 6.45. The lowest BCUT2D eigenvalue weighted by Gasteiger charge is -2.47.